The predicted octanol–water partition coefficient (Wildman–Crippen LogP) is -1.77. The van der Waals surface area contributed by atoms with Crippen LogP contribution in [0.3, 0.4) is 0 Å². The summed E-state index contributed by atoms with van der Waals surface area (Å²) in [6.07, 6.45) is 1.40. The fraction of sp³-hybridized carbons (Fsp3) is 0.667. The second kappa shape index (κ2) is 5.49. The summed E-state index contributed by atoms with van der Waals surface area (Å²) in [5, 5.41) is 0. The number of likely N-dealkylation sites (N-methyl/N-ethyl adjacent to an activating group) is 1. The summed E-state index contributed by atoms with van der Waals surface area (Å²) >= 11 is 0. The van der Waals surface area contributed by atoms with Crippen LogP contribution in [0.4, 0.5) is 0 Å². The smallest absolute Gasteiger partial charge is 0.211 e. The van der Waals surface area contributed by atoms with Crippen LogP contribution < -0.4 is 17.0 Å². The maximum absolute atomic E-state index is 11.2. The second-order valence-electron chi connectivity index (χ2n) is 3.38. The van der Waals surface area contributed by atoms with E-state index in [2.05, 4.69) is 13.5 Å². The van der Waals surface area contributed by atoms with Crippen molar-refractivity contribution in [3.05, 3.63) is 12.7 Å². The van der Waals surface area contributed by atoms with Crippen molar-refractivity contribution in [1.82, 2.24) is 0 Å². The number of carbonyl (C=O) groups is 1. The maximum atomic E-state index is 11.2. The van der Waals surface area contributed by atoms with E-state index in [-0.39, 0.29) is 28.8 Å². The molecule has 0 aliphatic heterocycles. The molecule has 0 saturated carbocycles. The monoisotopic (exact) mass is 235 g/mol. The average Bonchev–Trinajstić information content (AvgIpc) is 2.01. The van der Waals surface area contributed by atoms with Crippen LogP contribution in [0.2, 0.25) is 0 Å². The molecule has 0 radical (unpaired) electrons. The van der Waals surface area contributed by atoms with E-state index in [9.17, 15) is 4.79 Å². The Labute approximate surface area is 85.6 Å². The summed E-state index contributed by atoms with van der Waals surface area (Å²) in [5.74, 6) is 0.122. The van der Waals surface area contributed by atoms with Gasteiger partial charge in [0.05, 0.1) is 20.6 Å². The van der Waals surface area contributed by atoms with E-state index >= 15 is 0 Å². The first kappa shape index (κ1) is 14.4. The Bertz CT molecular complexity index is 166. The minimum Gasteiger partial charge on any atom is -1.00 e. The zero-order chi connectivity index (χ0) is 9.07. The van der Waals surface area contributed by atoms with Gasteiger partial charge in [0.1, 0.15) is 6.04 Å². The molecule has 1 atom stereocenters. The lowest BCUT2D eigenvalue weighted by atomic mass is 10.1. The molecule has 0 saturated heterocycles. The Morgan fingerprint density at radius 1 is 1.58 bits per heavy atom. The zero-order valence-corrected chi connectivity index (χ0v) is 9.89. The van der Waals surface area contributed by atoms with Gasteiger partial charge in [-0.2, -0.15) is 0 Å². The molecule has 3 heteroatoms. The van der Waals surface area contributed by atoms with E-state index in [4.69, 9.17) is 0 Å². The SMILES string of the molecule is C=CC(=O)C(C)[N+](C)(C)CC.[Br-]. The highest BCUT2D eigenvalue weighted by molar-refractivity contribution is 5.92. The largest absolute Gasteiger partial charge is 1.00 e. The summed E-state index contributed by atoms with van der Waals surface area (Å²) in [6.45, 7) is 8.44. The van der Waals surface area contributed by atoms with Gasteiger partial charge in [-0.1, -0.05) is 6.58 Å². The molecule has 72 valence electrons. The van der Waals surface area contributed by atoms with Crippen molar-refractivity contribution >= 4 is 5.78 Å². The molecule has 1 unspecified atom stereocenters. The number of halogens is 1. The molecule has 0 amide bonds. The van der Waals surface area contributed by atoms with E-state index in [0.717, 1.165) is 11.0 Å². The second-order valence-corrected chi connectivity index (χ2v) is 3.38. The van der Waals surface area contributed by atoms with Crippen molar-refractivity contribution in [2.75, 3.05) is 20.6 Å². The zero-order valence-electron chi connectivity index (χ0n) is 8.30. The van der Waals surface area contributed by atoms with Crippen molar-refractivity contribution in [1.29, 1.82) is 0 Å². The molecule has 0 N–H and O–H groups in total. The molecule has 0 bridgehead atoms. The van der Waals surface area contributed by atoms with Crippen LogP contribution >= 0.6 is 0 Å². The Hall–Kier alpha value is -0.150. The molecule has 0 rings (SSSR count). The van der Waals surface area contributed by atoms with Crippen LogP contribution in [0.5, 0.6) is 0 Å². The minimum atomic E-state index is 0. The third-order valence-electron chi connectivity index (χ3n) is 2.48. The van der Waals surface area contributed by atoms with Crippen LogP contribution in [0.1, 0.15) is 13.8 Å². The molecule has 0 spiro atoms. The lowest BCUT2D eigenvalue weighted by Gasteiger charge is -2.33. The summed E-state index contributed by atoms with van der Waals surface area (Å²) in [4.78, 5) is 11.2. The number of hydrogen-bond acceptors (Lipinski definition) is 1. The summed E-state index contributed by atoms with van der Waals surface area (Å²) in [6, 6.07) is 0.0255. The van der Waals surface area contributed by atoms with E-state index in [0.29, 0.717) is 0 Å². The van der Waals surface area contributed by atoms with Gasteiger partial charge < -0.3 is 21.5 Å². The lowest BCUT2D eigenvalue weighted by molar-refractivity contribution is -0.901. The third kappa shape index (κ3) is 3.50. The van der Waals surface area contributed by atoms with Gasteiger partial charge >= 0.3 is 0 Å². The van der Waals surface area contributed by atoms with Crippen molar-refractivity contribution in [3.63, 3.8) is 0 Å². The summed E-state index contributed by atoms with van der Waals surface area (Å²) in [7, 11) is 4.10. The minimum absolute atomic E-state index is 0. The first-order valence-corrected chi connectivity index (χ1v) is 3.94. The number of quaternary nitrogens is 1. The lowest BCUT2D eigenvalue weighted by Crippen LogP contribution is -3.00. The highest BCUT2D eigenvalue weighted by atomic mass is 79.9. The maximum Gasteiger partial charge on any atom is 0.211 e. The Morgan fingerprint density at radius 3 is 2.25 bits per heavy atom. The molecule has 0 aromatic heterocycles. The molecule has 0 aromatic carbocycles. The van der Waals surface area contributed by atoms with Crippen LogP contribution in [-0.2, 0) is 4.79 Å². The van der Waals surface area contributed by atoms with Gasteiger partial charge in [-0.25, -0.2) is 0 Å². The van der Waals surface area contributed by atoms with Gasteiger partial charge in [0.25, 0.3) is 0 Å². The number of carbonyl (C=O) groups excluding carboxylic acids is 1. The Kier molecular flexibility index (Phi) is 6.58. The van der Waals surface area contributed by atoms with Crippen molar-refractivity contribution < 1.29 is 26.3 Å². The van der Waals surface area contributed by atoms with Gasteiger partial charge in [0.2, 0.25) is 5.78 Å². The quantitative estimate of drug-likeness (QED) is 0.417. The molecule has 2 nitrogen and oxygen atoms in total. The van der Waals surface area contributed by atoms with Crippen LogP contribution in [0, 0.1) is 0 Å². The molecule has 0 fully saturated rings. The van der Waals surface area contributed by atoms with Crippen molar-refractivity contribution in [2.45, 2.75) is 19.9 Å². The predicted molar refractivity (Wildman–Crippen MR) is 47.3 cm³/mol. The fourth-order valence-electron chi connectivity index (χ4n) is 0.789. The van der Waals surface area contributed by atoms with Crippen LogP contribution in [0.15, 0.2) is 12.7 Å². The molecular formula is C9H18BrNO. The molecule has 0 aliphatic carbocycles. The normalized spacial score (nSPS) is 13.0. The number of nitrogens with zero attached hydrogens (tertiary/aromatic N) is 1. The van der Waals surface area contributed by atoms with E-state index in [1.807, 2.05) is 21.0 Å². The number of hydrogen-bond donors (Lipinski definition) is 0. The van der Waals surface area contributed by atoms with Gasteiger partial charge in [-0.05, 0) is 19.9 Å². The molecule has 0 heterocycles. The molecule has 12 heavy (non-hydrogen) atoms. The van der Waals surface area contributed by atoms with Crippen LogP contribution in [0.25, 0.3) is 0 Å². The molecule has 0 aromatic rings. The first-order valence-electron chi connectivity index (χ1n) is 3.94. The molecule has 0 aliphatic rings. The number of rotatable bonds is 4. The van der Waals surface area contributed by atoms with Crippen molar-refractivity contribution in [2.24, 2.45) is 0 Å². The highest BCUT2D eigenvalue weighted by Crippen LogP contribution is 2.06. The number of ketones is 1. The molecular weight excluding hydrogens is 218 g/mol. The van der Waals surface area contributed by atoms with E-state index in [1.54, 1.807) is 0 Å². The fourth-order valence-corrected chi connectivity index (χ4v) is 0.789. The third-order valence-corrected chi connectivity index (χ3v) is 2.48. The van der Waals surface area contributed by atoms with E-state index in [1.165, 1.54) is 6.08 Å². The topological polar surface area (TPSA) is 17.1 Å². The van der Waals surface area contributed by atoms with Crippen LogP contribution in [-0.4, -0.2) is 36.9 Å². The van der Waals surface area contributed by atoms with Gasteiger partial charge in [0, 0.05) is 0 Å². The van der Waals surface area contributed by atoms with Gasteiger partial charge in [-0.3, -0.25) is 4.79 Å². The Morgan fingerprint density at radius 2 is 2.00 bits per heavy atom. The summed E-state index contributed by atoms with van der Waals surface area (Å²) < 4.78 is 0.727. The standard InChI is InChI=1S/C9H18NO.BrH/c1-6-9(11)8(3)10(4,5)7-2;/h6,8H,1,7H2,2-5H3;1H/q+1;/p-1. The van der Waals surface area contributed by atoms with Gasteiger partial charge in [-0.15, -0.1) is 0 Å². The van der Waals surface area contributed by atoms with E-state index < -0.39 is 0 Å². The van der Waals surface area contributed by atoms with Crippen molar-refractivity contribution in [3.8, 4) is 0 Å². The first-order chi connectivity index (χ1) is 4.95. The summed E-state index contributed by atoms with van der Waals surface area (Å²) in [5.41, 5.74) is 0. The van der Waals surface area contributed by atoms with Gasteiger partial charge in [0.15, 0.2) is 0 Å². The highest BCUT2D eigenvalue weighted by Gasteiger charge is 2.26. The Balaban J connectivity index is 0. The average molecular weight is 236 g/mol.